The zero-order valence-electron chi connectivity index (χ0n) is 8.76. The van der Waals surface area contributed by atoms with Gasteiger partial charge < -0.3 is 9.80 Å². The van der Waals surface area contributed by atoms with Gasteiger partial charge in [-0.25, -0.2) is 9.97 Å². The first-order valence-corrected chi connectivity index (χ1v) is 5.01. The molecular formula is C10H14N4O. The van der Waals surface area contributed by atoms with Gasteiger partial charge in [-0.15, -0.1) is 0 Å². The second-order valence-electron chi connectivity index (χ2n) is 3.67. The van der Waals surface area contributed by atoms with Crippen molar-refractivity contribution in [3.63, 3.8) is 0 Å². The van der Waals surface area contributed by atoms with E-state index in [9.17, 15) is 4.79 Å². The summed E-state index contributed by atoms with van der Waals surface area (Å²) >= 11 is 0. The average molecular weight is 206 g/mol. The number of aromatic nitrogens is 2. The predicted octanol–water partition coefficient (Wildman–Crippen LogP) is 0.0409. The maximum absolute atomic E-state index is 10.8. The molecule has 1 aliphatic rings. The fourth-order valence-electron chi connectivity index (χ4n) is 1.69. The maximum Gasteiger partial charge on any atom is 0.172 e. The van der Waals surface area contributed by atoms with Crippen LogP contribution in [-0.2, 0) is 0 Å². The third-order valence-electron chi connectivity index (χ3n) is 2.62. The van der Waals surface area contributed by atoms with Gasteiger partial charge in [-0.1, -0.05) is 0 Å². The van der Waals surface area contributed by atoms with Crippen LogP contribution in [0.25, 0.3) is 0 Å². The van der Waals surface area contributed by atoms with Crippen LogP contribution in [0.1, 0.15) is 10.5 Å². The van der Waals surface area contributed by atoms with Crippen molar-refractivity contribution in [3.8, 4) is 0 Å². The number of piperazine rings is 1. The SMILES string of the molecule is CN1CCN(c2nccnc2C=O)CC1. The summed E-state index contributed by atoms with van der Waals surface area (Å²) in [5, 5.41) is 0. The molecule has 0 aliphatic carbocycles. The highest BCUT2D eigenvalue weighted by Crippen LogP contribution is 2.14. The maximum atomic E-state index is 10.8. The molecule has 0 N–H and O–H groups in total. The van der Waals surface area contributed by atoms with Gasteiger partial charge in [0.1, 0.15) is 5.69 Å². The Morgan fingerprint density at radius 3 is 2.53 bits per heavy atom. The Bertz CT molecular complexity index is 347. The third kappa shape index (κ3) is 2.12. The molecule has 0 spiro atoms. The van der Waals surface area contributed by atoms with Gasteiger partial charge in [-0.05, 0) is 7.05 Å². The van der Waals surface area contributed by atoms with Crippen molar-refractivity contribution < 1.29 is 4.79 Å². The first-order valence-electron chi connectivity index (χ1n) is 5.01. The molecule has 0 unspecified atom stereocenters. The lowest BCUT2D eigenvalue weighted by atomic mass is 10.3. The van der Waals surface area contributed by atoms with Crippen molar-refractivity contribution in [2.75, 3.05) is 38.1 Å². The Labute approximate surface area is 88.7 Å². The molecule has 15 heavy (non-hydrogen) atoms. The fraction of sp³-hybridized carbons (Fsp3) is 0.500. The second kappa shape index (κ2) is 4.35. The van der Waals surface area contributed by atoms with Gasteiger partial charge in [0, 0.05) is 38.6 Å². The molecule has 5 heteroatoms. The Morgan fingerprint density at radius 1 is 1.20 bits per heavy atom. The van der Waals surface area contributed by atoms with Gasteiger partial charge in [0.15, 0.2) is 12.1 Å². The van der Waals surface area contributed by atoms with E-state index < -0.39 is 0 Å². The molecule has 0 radical (unpaired) electrons. The van der Waals surface area contributed by atoms with Crippen LogP contribution in [0.3, 0.4) is 0 Å². The zero-order valence-corrected chi connectivity index (χ0v) is 8.76. The molecule has 2 heterocycles. The monoisotopic (exact) mass is 206 g/mol. The molecule has 0 atom stereocenters. The van der Waals surface area contributed by atoms with E-state index in [4.69, 9.17) is 0 Å². The molecule has 0 bridgehead atoms. The third-order valence-corrected chi connectivity index (χ3v) is 2.62. The molecule has 80 valence electrons. The molecule has 2 rings (SSSR count). The summed E-state index contributed by atoms with van der Waals surface area (Å²) in [5.41, 5.74) is 0.432. The standard InChI is InChI=1S/C10H14N4O/c1-13-4-6-14(7-5-13)10-9(8-15)11-2-3-12-10/h2-3,8H,4-7H2,1H3. The summed E-state index contributed by atoms with van der Waals surface area (Å²) < 4.78 is 0. The Kier molecular flexibility index (Phi) is 2.91. The largest absolute Gasteiger partial charge is 0.352 e. The second-order valence-corrected chi connectivity index (χ2v) is 3.67. The number of rotatable bonds is 2. The lowest BCUT2D eigenvalue weighted by Crippen LogP contribution is -2.45. The van der Waals surface area contributed by atoms with Gasteiger partial charge in [-0.3, -0.25) is 4.79 Å². The summed E-state index contributed by atoms with van der Waals surface area (Å²) in [6.45, 7) is 3.79. The summed E-state index contributed by atoms with van der Waals surface area (Å²) in [6.07, 6.45) is 3.94. The number of carbonyl (C=O) groups is 1. The minimum Gasteiger partial charge on any atom is -0.352 e. The van der Waals surface area contributed by atoms with E-state index in [2.05, 4.69) is 26.8 Å². The van der Waals surface area contributed by atoms with Crippen molar-refractivity contribution in [3.05, 3.63) is 18.1 Å². The topological polar surface area (TPSA) is 49.3 Å². The normalized spacial score (nSPS) is 17.8. The van der Waals surface area contributed by atoms with Gasteiger partial charge in [-0.2, -0.15) is 0 Å². The number of nitrogens with zero attached hydrogens (tertiary/aromatic N) is 4. The molecule has 1 fully saturated rings. The minimum absolute atomic E-state index is 0.432. The minimum atomic E-state index is 0.432. The number of hydrogen-bond donors (Lipinski definition) is 0. The molecule has 1 aromatic rings. The van der Waals surface area contributed by atoms with E-state index in [1.165, 1.54) is 0 Å². The van der Waals surface area contributed by atoms with Crippen LogP contribution >= 0.6 is 0 Å². The first-order chi connectivity index (χ1) is 7.31. The number of aldehydes is 1. The number of likely N-dealkylation sites (N-methyl/N-ethyl adjacent to an activating group) is 1. The quantitative estimate of drug-likeness (QED) is 0.639. The molecule has 0 saturated carbocycles. The molecular weight excluding hydrogens is 192 g/mol. The summed E-state index contributed by atoms with van der Waals surface area (Å²) in [6, 6.07) is 0. The van der Waals surface area contributed by atoms with Crippen molar-refractivity contribution in [2.24, 2.45) is 0 Å². The highest BCUT2D eigenvalue weighted by atomic mass is 16.1. The lowest BCUT2D eigenvalue weighted by Gasteiger charge is -2.33. The average Bonchev–Trinajstić information content (AvgIpc) is 2.30. The molecule has 1 aromatic heterocycles. The van der Waals surface area contributed by atoms with Gasteiger partial charge in [0.25, 0.3) is 0 Å². The fourth-order valence-corrected chi connectivity index (χ4v) is 1.69. The summed E-state index contributed by atoms with van der Waals surface area (Å²) in [4.78, 5) is 23.4. The molecule has 1 saturated heterocycles. The van der Waals surface area contributed by atoms with E-state index in [1.807, 2.05) is 0 Å². The predicted molar refractivity (Wildman–Crippen MR) is 57.1 cm³/mol. The number of carbonyl (C=O) groups excluding carboxylic acids is 1. The highest BCUT2D eigenvalue weighted by molar-refractivity contribution is 5.79. The first kappa shape index (κ1) is 10.0. The number of anilines is 1. The Hall–Kier alpha value is -1.49. The van der Waals surface area contributed by atoms with Crippen LogP contribution in [0.5, 0.6) is 0 Å². The van der Waals surface area contributed by atoms with Crippen LogP contribution in [0.4, 0.5) is 5.82 Å². The van der Waals surface area contributed by atoms with Gasteiger partial charge in [0.05, 0.1) is 0 Å². The van der Waals surface area contributed by atoms with Crippen LogP contribution in [-0.4, -0.2) is 54.4 Å². The van der Waals surface area contributed by atoms with Crippen LogP contribution in [0.2, 0.25) is 0 Å². The molecule has 5 nitrogen and oxygen atoms in total. The molecule has 1 aliphatic heterocycles. The van der Waals surface area contributed by atoms with E-state index in [-0.39, 0.29) is 0 Å². The zero-order chi connectivity index (χ0) is 10.7. The van der Waals surface area contributed by atoms with Crippen LogP contribution < -0.4 is 4.90 Å². The van der Waals surface area contributed by atoms with Crippen molar-refractivity contribution in [2.45, 2.75) is 0 Å². The Balaban J connectivity index is 2.18. The smallest absolute Gasteiger partial charge is 0.172 e. The lowest BCUT2D eigenvalue weighted by molar-refractivity contribution is 0.111. The number of hydrogen-bond acceptors (Lipinski definition) is 5. The van der Waals surface area contributed by atoms with E-state index in [1.54, 1.807) is 12.4 Å². The Morgan fingerprint density at radius 2 is 1.87 bits per heavy atom. The van der Waals surface area contributed by atoms with E-state index in [0.717, 1.165) is 32.5 Å². The van der Waals surface area contributed by atoms with Crippen LogP contribution in [0, 0.1) is 0 Å². The van der Waals surface area contributed by atoms with E-state index >= 15 is 0 Å². The van der Waals surface area contributed by atoms with Crippen molar-refractivity contribution >= 4 is 12.1 Å². The van der Waals surface area contributed by atoms with Crippen molar-refractivity contribution in [1.82, 2.24) is 14.9 Å². The summed E-state index contributed by atoms with van der Waals surface area (Å²) in [7, 11) is 2.09. The summed E-state index contributed by atoms with van der Waals surface area (Å²) in [5.74, 6) is 0.709. The van der Waals surface area contributed by atoms with Gasteiger partial charge >= 0.3 is 0 Å². The van der Waals surface area contributed by atoms with E-state index in [0.29, 0.717) is 11.5 Å². The van der Waals surface area contributed by atoms with Crippen molar-refractivity contribution in [1.29, 1.82) is 0 Å². The highest BCUT2D eigenvalue weighted by Gasteiger charge is 2.18. The molecule has 0 aromatic carbocycles. The van der Waals surface area contributed by atoms with Gasteiger partial charge in [0.2, 0.25) is 0 Å². The molecule has 0 amide bonds. The van der Waals surface area contributed by atoms with Crippen LogP contribution in [0.15, 0.2) is 12.4 Å².